The van der Waals surface area contributed by atoms with Crippen LogP contribution in [-0.4, -0.2) is 84.9 Å². The molecule has 2 amide bonds. The van der Waals surface area contributed by atoms with E-state index in [9.17, 15) is 14.4 Å². The largest absolute Gasteiger partial charge is 0.492 e. The quantitative estimate of drug-likeness (QED) is 0.418. The number of halogens is 2. The fourth-order valence-electron chi connectivity index (χ4n) is 2.11. The van der Waals surface area contributed by atoms with Gasteiger partial charge in [-0.15, -0.1) is 0 Å². The Balaban J connectivity index is 0.000000954. The highest BCUT2D eigenvalue weighted by molar-refractivity contribution is 6.34. The molecule has 11 heteroatoms. The van der Waals surface area contributed by atoms with Crippen LogP contribution in [0, 0.1) is 0 Å². The van der Waals surface area contributed by atoms with Gasteiger partial charge in [-0.25, -0.2) is 14.4 Å². The number of carboxylic acid groups (broad SMARTS) is 2. The second kappa shape index (κ2) is 16.2. The number of ether oxygens (including phenoxy) is 1. The maximum Gasteiger partial charge on any atom is 0.328 e. The smallest absolute Gasteiger partial charge is 0.328 e. The Kier molecular flexibility index (Phi) is 14.9. The molecule has 0 heterocycles. The van der Waals surface area contributed by atoms with Crippen LogP contribution in [0.4, 0.5) is 4.79 Å². The topological polar surface area (TPSA) is 119 Å². The van der Waals surface area contributed by atoms with Crippen LogP contribution in [0.5, 0.6) is 5.75 Å². The first kappa shape index (κ1) is 28.5. The molecule has 1 aromatic carbocycles. The molecule has 31 heavy (non-hydrogen) atoms. The summed E-state index contributed by atoms with van der Waals surface area (Å²) in [6.45, 7) is 5.05. The molecule has 0 fully saturated rings. The van der Waals surface area contributed by atoms with Gasteiger partial charge >= 0.3 is 18.0 Å². The van der Waals surface area contributed by atoms with Gasteiger partial charge in [-0.3, -0.25) is 0 Å². The van der Waals surface area contributed by atoms with Crippen LogP contribution >= 0.6 is 23.2 Å². The lowest BCUT2D eigenvalue weighted by Gasteiger charge is -2.23. The second-order valence-corrected chi connectivity index (χ2v) is 7.36. The molecule has 0 unspecified atom stereocenters. The third-order valence-electron chi connectivity index (χ3n) is 3.45. The van der Waals surface area contributed by atoms with Crippen molar-refractivity contribution in [2.24, 2.45) is 0 Å². The van der Waals surface area contributed by atoms with Gasteiger partial charge in [0.05, 0.1) is 6.54 Å². The van der Waals surface area contributed by atoms with Crippen molar-refractivity contribution >= 4 is 41.2 Å². The number of hydrogen-bond acceptors (Lipinski definition) is 5. The summed E-state index contributed by atoms with van der Waals surface area (Å²) in [6.07, 6.45) is 2.01. The van der Waals surface area contributed by atoms with Gasteiger partial charge in [-0.05, 0) is 38.7 Å². The fourth-order valence-corrected chi connectivity index (χ4v) is 2.62. The molecule has 0 atom stereocenters. The van der Waals surface area contributed by atoms with E-state index < -0.39 is 11.9 Å². The Morgan fingerprint density at radius 1 is 1.00 bits per heavy atom. The Morgan fingerprint density at radius 3 is 2.00 bits per heavy atom. The van der Waals surface area contributed by atoms with Crippen molar-refractivity contribution in [3.05, 3.63) is 40.4 Å². The average molecular weight is 478 g/mol. The Hall–Kier alpha value is -2.49. The van der Waals surface area contributed by atoms with Gasteiger partial charge in [0, 0.05) is 41.8 Å². The average Bonchev–Trinajstić information content (AvgIpc) is 2.65. The van der Waals surface area contributed by atoms with E-state index in [4.69, 9.17) is 38.2 Å². The second-order valence-electron chi connectivity index (χ2n) is 6.49. The number of rotatable bonds is 11. The lowest BCUT2D eigenvalue weighted by atomic mass is 10.3. The van der Waals surface area contributed by atoms with Crippen LogP contribution in [-0.2, 0) is 9.59 Å². The van der Waals surface area contributed by atoms with E-state index in [0.29, 0.717) is 54.2 Å². The number of carbonyl (C=O) groups excluding carboxylic acids is 1. The maximum atomic E-state index is 12.2. The first-order chi connectivity index (χ1) is 14.5. The van der Waals surface area contributed by atoms with Gasteiger partial charge in [0.15, 0.2) is 0 Å². The zero-order valence-corrected chi connectivity index (χ0v) is 19.3. The standard InChI is InChI=1S/C16H25Cl2N3O2.C4H4O4/c1-4-6-21(16(22)19-5-7-20(2)3)8-9-23-15-11-13(17)10-14(18)12-15;5-3(6)1-2-4(7)8/h10-12H,4-9H2,1-3H3,(H,19,22);1-2H,(H,5,6)(H,7,8). The predicted molar refractivity (Wildman–Crippen MR) is 120 cm³/mol. The molecular formula is C20H29Cl2N3O6. The molecule has 0 spiro atoms. The van der Waals surface area contributed by atoms with E-state index in [0.717, 1.165) is 13.0 Å². The molecule has 0 aromatic heterocycles. The van der Waals surface area contributed by atoms with E-state index in [-0.39, 0.29) is 6.03 Å². The van der Waals surface area contributed by atoms with E-state index in [1.807, 2.05) is 25.9 Å². The molecule has 0 radical (unpaired) electrons. The number of nitrogens with zero attached hydrogens (tertiary/aromatic N) is 2. The molecule has 0 aliphatic rings. The normalized spacial score (nSPS) is 10.4. The summed E-state index contributed by atoms with van der Waals surface area (Å²) in [5.74, 6) is -1.91. The van der Waals surface area contributed by atoms with Crippen LogP contribution in [0.1, 0.15) is 13.3 Å². The lowest BCUT2D eigenvalue weighted by molar-refractivity contribution is -0.134. The molecule has 3 N–H and O–H groups in total. The molecule has 0 saturated carbocycles. The van der Waals surface area contributed by atoms with Gasteiger partial charge in [-0.1, -0.05) is 30.1 Å². The summed E-state index contributed by atoms with van der Waals surface area (Å²) in [5, 5.41) is 19.6. The third-order valence-corrected chi connectivity index (χ3v) is 3.89. The number of likely N-dealkylation sites (N-methyl/N-ethyl adjacent to an activating group) is 1. The molecule has 1 aromatic rings. The molecule has 1 rings (SSSR count). The molecule has 9 nitrogen and oxygen atoms in total. The minimum atomic E-state index is -1.26. The van der Waals surface area contributed by atoms with Crippen LogP contribution in [0.15, 0.2) is 30.4 Å². The van der Waals surface area contributed by atoms with Gasteiger partial charge in [-0.2, -0.15) is 0 Å². The first-order valence-electron chi connectivity index (χ1n) is 9.45. The van der Waals surface area contributed by atoms with Crippen molar-refractivity contribution in [3.63, 3.8) is 0 Å². The molecule has 0 aliphatic carbocycles. The van der Waals surface area contributed by atoms with Crippen LogP contribution < -0.4 is 10.1 Å². The lowest BCUT2D eigenvalue weighted by Crippen LogP contribution is -2.44. The zero-order chi connectivity index (χ0) is 23.8. The summed E-state index contributed by atoms with van der Waals surface area (Å²) in [5.41, 5.74) is 0. The molecule has 0 saturated heterocycles. The van der Waals surface area contributed by atoms with Crippen molar-refractivity contribution in [2.75, 3.05) is 46.9 Å². The molecular weight excluding hydrogens is 449 g/mol. The first-order valence-corrected chi connectivity index (χ1v) is 10.2. The number of carbonyl (C=O) groups is 3. The number of urea groups is 1. The Morgan fingerprint density at radius 2 is 1.55 bits per heavy atom. The van der Waals surface area contributed by atoms with E-state index in [2.05, 4.69) is 5.32 Å². The molecule has 0 aliphatic heterocycles. The minimum Gasteiger partial charge on any atom is -0.492 e. The summed E-state index contributed by atoms with van der Waals surface area (Å²) >= 11 is 11.9. The minimum absolute atomic E-state index is 0.0681. The van der Waals surface area contributed by atoms with Crippen LogP contribution in [0.3, 0.4) is 0 Å². The highest BCUT2D eigenvalue weighted by Gasteiger charge is 2.12. The number of nitrogens with one attached hydrogen (secondary N) is 1. The fraction of sp³-hybridized carbons (Fsp3) is 0.450. The van der Waals surface area contributed by atoms with Crippen molar-refractivity contribution in [1.82, 2.24) is 15.1 Å². The van der Waals surface area contributed by atoms with Crippen molar-refractivity contribution in [1.29, 1.82) is 0 Å². The third kappa shape index (κ3) is 15.9. The predicted octanol–water partition coefficient (Wildman–Crippen LogP) is 3.07. The van der Waals surface area contributed by atoms with E-state index >= 15 is 0 Å². The van der Waals surface area contributed by atoms with E-state index in [1.165, 1.54) is 0 Å². The SMILES string of the molecule is CCCN(CCOc1cc(Cl)cc(Cl)c1)C(=O)NCCN(C)C.O=C(O)C=CC(=O)O. The monoisotopic (exact) mass is 477 g/mol. The maximum absolute atomic E-state index is 12.2. The van der Waals surface area contributed by atoms with Gasteiger partial charge in [0.25, 0.3) is 0 Å². The molecule has 0 bridgehead atoms. The van der Waals surface area contributed by atoms with Gasteiger partial charge in [0.1, 0.15) is 12.4 Å². The van der Waals surface area contributed by atoms with Crippen molar-refractivity contribution < 1.29 is 29.3 Å². The number of aliphatic carboxylic acids is 2. The highest BCUT2D eigenvalue weighted by atomic mass is 35.5. The van der Waals surface area contributed by atoms with E-state index in [1.54, 1.807) is 23.1 Å². The number of benzene rings is 1. The summed E-state index contributed by atoms with van der Waals surface area (Å²) < 4.78 is 5.64. The number of hydrogen-bond donors (Lipinski definition) is 3. The summed E-state index contributed by atoms with van der Waals surface area (Å²) in [4.78, 5) is 35.0. The Labute approximate surface area is 192 Å². The van der Waals surface area contributed by atoms with Crippen LogP contribution in [0.2, 0.25) is 10.0 Å². The number of carboxylic acids is 2. The highest BCUT2D eigenvalue weighted by Crippen LogP contribution is 2.24. The van der Waals surface area contributed by atoms with Gasteiger partial charge in [0.2, 0.25) is 0 Å². The summed E-state index contributed by atoms with van der Waals surface area (Å²) in [6, 6.07) is 4.99. The summed E-state index contributed by atoms with van der Waals surface area (Å²) in [7, 11) is 3.94. The van der Waals surface area contributed by atoms with Gasteiger partial charge < -0.3 is 30.1 Å². The molecule has 174 valence electrons. The van der Waals surface area contributed by atoms with Crippen molar-refractivity contribution in [3.8, 4) is 5.75 Å². The van der Waals surface area contributed by atoms with Crippen LogP contribution in [0.25, 0.3) is 0 Å². The Bertz CT molecular complexity index is 707. The number of amides is 2. The van der Waals surface area contributed by atoms with Crippen molar-refractivity contribution in [2.45, 2.75) is 13.3 Å². The zero-order valence-electron chi connectivity index (χ0n) is 17.8.